The minimum Gasteiger partial charge on any atom is -0.263 e. The van der Waals surface area contributed by atoms with E-state index < -0.39 is 0 Å². The van der Waals surface area contributed by atoms with Crippen molar-refractivity contribution in [3.63, 3.8) is 0 Å². The molecule has 2 nitrogen and oxygen atoms in total. The summed E-state index contributed by atoms with van der Waals surface area (Å²) in [6.45, 7) is 0. The average molecular weight is 311 g/mol. The molecule has 1 atom stereocenters. The van der Waals surface area contributed by atoms with Crippen molar-refractivity contribution in [2.45, 2.75) is 6.04 Å². The Balaban J connectivity index is 1.78. The van der Waals surface area contributed by atoms with Crippen molar-refractivity contribution in [2.24, 2.45) is 0 Å². The number of hydrogen-bond acceptors (Lipinski definition) is 1. The van der Waals surface area contributed by atoms with Crippen LogP contribution in [0.5, 0.6) is 0 Å². The second-order valence-corrected chi connectivity index (χ2v) is 5.85. The molecule has 0 spiro atoms. The lowest BCUT2D eigenvalue weighted by Crippen LogP contribution is -2.78. The van der Waals surface area contributed by atoms with Crippen LogP contribution >= 0.6 is 0 Å². The van der Waals surface area contributed by atoms with Crippen LogP contribution < -0.4 is 10.3 Å². The SMILES string of the molecule is C1=C(c2ccccc2)NC(c2ccccc2)=[NH+]C1c1ccccc1. The number of hydrogen-bond donors (Lipinski definition) is 2. The Morgan fingerprint density at radius 1 is 0.625 bits per heavy atom. The fraction of sp³-hybridized carbons (Fsp3) is 0.0455. The molecule has 0 saturated heterocycles. The quantitative estimate of drug-likeness (QED) is 0.764. The zero-order valence-corrected chi connectivity index (χ0v) is 13.3. The minimum atomic E-state index is 0.137. The standard InChI is InChI=1S/C22H18N2/c1-4-10-17(11-5-1)20-16-21(18-12-6-2-7-13-18)24-22(23-20)19-14-8-3-9-15-19/h1-16,20H,(H,23,24)/p+1. The first-order valence-corrected chi connectivity index (χ1v) is 8.18. The number of nitrogens with one attached hydrogen (secondary N) is 2. The van der Waals surface area contributed by atoms with Gasteiger partial charge in [-0.2, -0.15) is 0 Å². The Morgan fingerprint density at radius 3 is 1.79 bits per heavy atom. The summed E-state index contributed by atoms with van der Waals surface area (Å²) in [6.07, 6.45) is 2.25. The molecular weight excluding hydrogens is 292 g/mol. The van der Waals surface area contributed by atoms with Crippen molar-refractivity contribution in [1.82, 2.24) is 5.32 Å². The molecule has 0 saturated carbocycles. The lowest BCUT2D eigenvalue weighted by Gasteiger charge is -2.17. The molecule has 3 aromatic rings. The second kappa shape index (κ2) is 6.55. The molecule has 0 radical (unpaired) electrons. The number of benzene rings is 3. The topological polar surface area (TPSA) is 26.0 Å². The summed E-state index contributed by atoms with van der Waals surface area (Å²) in [6, 6.07) is 31.5. The van der Waals surface area contributed by atoms with E-state index in [9.17, 15) is 0 Å². The largest absolute Gasteiger partial charge is 0.280 e. The van der Waals surface area contributed by atoms with Gasteiger partial charge in [-0.3, -0.25) is 4.99 Å². The molecule has 0 aliphatic carbocycles. The third-order valence-corrected chi connectivity index (χ3v) is 4.20. The first-order chi connectivity index (χ1) is 11.9. The molecule has 0 amide bonds. The molecule has 0 fully saturated rings. The normalized spacial score (nSPS) is 16.8. The number of rotatable bonds is 3. The molecule has 1 heterocycles. The Hall–Kier alpha value is -3.13. The molecule has 1 aliphatic heterocycles. The van der Waals surface area contributed by atoms with Gasteiger partial charge in [0, 0.05) is 17.2 Å². The monoisotopic (exact) mass is 311 g/mol. The van der Waals surface area contributed by atoms with Gasteiger partial charge in [-0.25, -0.2) is 5.32 Å². The van der Waals surface area contributed by atoms with Crippen LogP contribution in [-0.2, 0) is 0 Å². The molecule has 0 aromatic heterocycles. The van der Waals surface area contributed by atoms with Crippen molar-refractivity contribution in [3.8, 4) is 0 Å². The summed E-state index contributed by atoms with van der Waals surface area (Å²) in [4.78, 5) is 3.61. The first kappa shape index (κ1) is 14.5. The maximum absolute atomic E-state index is 3.61. The van der Waals surface area contributed by atoms with Crippen molar-refractivity contribution >= 4 is 11.5 Å². The predicted octanol–water partition coefficient (Wildman–Crippen LogP) is 2.90. The zero-order valence-electron chi connectivity index (χ0n) is 13.3. The summed E-state index contributed by atoms with van der Waals surface area (Å²) in [5.41, 5.74) is 4.72. The Bertz CT molecular complexity index is 810. The van der Waals surface area contributed by atoms with Gasteiger partial charge in [-0.05, 0) is 12.1 Å². The summed E-state index contributed by atoms with van der Waals surface area (Å²) >= 11 is 0. The third-order valence-electron chi connectivity index (χ3n) is 4.20. The van der Waals surface area contributed by atoms with Crippen molar-refractivity contribution in [2.75, 3.05) is 0 Å². The van der Waals surface area contributed by atoms with Gasteiger partial charge in [-0.1, -0.05) is 78.9 Å². The van der Waals surface area contributed by atoms with E-state index in [1.807, 2.05) is 18.2 Å². The lowest BCUT2D eigenvalue weighted by molar-refractivity contribution is -0.498. The highest BCUT2D eigenvalue weighted by Gasteiger charge is 2.24. The summed E-state index contributed by atoms with van der Waals surface area (Å²) < 4.78 is 0. The minimum absolute atomic E-state index is 0.137. The second-order valence-electron chi connectivity index (χ2n) is 5.85. The Labute approximate surface area is 142 Å². The van der Waals surface area contributed by atoms with E-state index in [1.165, 1.54) is 11.1 Å². The van der Waals surface area contributed by atoms with E-state index in [-0.39, 0.29) is 6.04 Å². The summed E-state index contributed by atoms with van der Waals surface area (Å²) in [5, 5.41) is 3.55. The Morgan fingerprint density at radius 2 is 1.17 bits per heavy atom. The fourth-order valence-electron chi connectivity index (χ4n) is 2.96. The highest BCUT2D eigenvalue weighted by molar-refractivity contribution is 6.00. The molecule has 2 heteroatoms. The highest BCUT2D eigenvalue weighted by Crippen LogP contribution is 2.19. The Kier molecular flexibility index (Phi) is 3.95. The van der Waals surface area contributed by atoms with Crippen LogP contribution in [0.2, 0.25) is 0 Å². The predicted molar refractivity (Wildman–Crippen MR) is 98.3 cm³/mol. The maximum Gasteiger partial charge on any atom is 0.280 e. The molecule has 0 bridgehead atoms. The van der Waals surface area contributed by atoms with Crippen molar-refractivity contribution < 1.29 is 4.99 Å². The van der Waals surface area contributed by atoms with Gasteiger partial charge in [0.2, 0.25) is 0 Å². The van der Waals surface area contributed by atoms with Crippen LogP contribution in [0.1, 0.15) is 22.7 Å². The van der Waals surface area contributed by atoms with Gasteiger partial charge < -0.3 is 0 Å². The lowest BCUT2D eigenvalue weighted by atomic mass is 10.0. The van der Waals surface area contributed by atoms with Crippen molar-refractivity contribution in [1.29, 1.82) is 0 Å². The van der Waals surface area contributed by atoms with Crippen LogP contribution in [-0.4, -0.2) is 5.84 Å². The molecule has 3 aromatic carbocycles. The smallest absolute Gasteiger partial charge is 0.263 e. The van der Waals surface area contributed by atoms with E-state index in [1.54, 1.807) is 0 Å². The summed E-state index contributed by atoms with van der Waals surface area (Å²) in [5.74, 6) is 1.03. The zero-order chi connectivity index (χ0) is 16.2. The maximum atomic E-state index is 3.61. The van der Waals surface area contributed by atoms with Gasteiger partial charge in [-0.15, -0.1) is 0 Å². The van der Waals surface area contributed by atoms with E-state index >= 15 is 0 Å². The number of amidine groups is 1. The molecule has 1 unspecified atom stereocenters. The molecular formula is C22H19N2+. The third kappa shape index (κ3) is 2.99. The van der Waals surface area contributed by atoms with E-state index in [2.05, 4.69) is 89.2 Å². The van der Waals surface area contributed by atoms with Crippen molar-refractivity contribution in [3.05, 3.63) is 114 Å². The average Bonchev–Trinajstić information content (AvgIpc) is 2.70. The van der Waals surface area contributed by atoms with Gasteiger partial charge in [0.15, 0.2) is 0 Å². The van der Waals surface area contributed by atoms with Gasteiger partial charge in [0.05, 0.1) is 5.56 Å². The molecule has 116 valence electrons. The molecule has 2 N–H and O–H groups in total. The molecule has 24 heavy (non-hydrogen) atoms. The highest BCUT2D eigenvalue weighted by atomic mass is 15.0. The molecule has 4 rings (SSSR count). The van der Waals surface area contributed by atoms with Crippen LogP contribution in [0.4, 0.5) is 0 Å². The molecule has 1 aliphatic rings. The summed E-state index contributed by atoms with van der Waals surface area (Å²) in [7, 11) is 0. The van der Waals surface area contributed by atoms with E-state index in [4.69, 9.17) is 0 Å². The van der Waals surface area contributed by atoms with Gasteiger partial charge in [0.1, 0.15) is 11.7 Å². The van der Waals surface area contributed by atoms with E-state index in [0.717, 1.165) is 17.1 Å². The van der Waals surface area contributed by atoms with Gasteiger partial charge >= 0.3 is 0 Å². The van der Waals surface area contributed by atoms with Crippen LogP contribution in [0, 0.1) is 0 Å². The van der Waals surface area contributed by atoms with Crippen LogP contribution in [0.15, 0.2) is 97.1 Å². The van der Waals surface area contributed by atoms with Crippen LogP contribution in [0.3, 0.4) is 0 Å². The van der Waals surface area contributed by atoms with Crippen LogP contribution in [0.25, 0.3) is 5.70 Å². The first-order valence-electron chi connectivity index (χ1n) is 8.18. The fourth-order valence-corrected chi connectivity index (χ4v) is 2.96. The van der Waals surface area contributed by atoms with Gasteiger partial charge in [0.25, 0.3) is 5.84 Å². The van der Waals surface area contributed by atoms with E-state index in [0.29, 0.717) is 0 Å².